The van der Waals surface area contributed by atoms with Crippen molar-refractivity contribution < 1.29 is 13.2 Å². The smallest absolute Gasteiger partial charge is 0.251 e. The molecule has 0 aliphatic heterocycles. The summed E-state index contributed by atoms with van der Waals surface area (Å²) in [6, 6.07) is 6.37. The normalized spacial score (nSPS) is 11.2. The first-order valence-corrected chi connectivity index (χ1v) is 9.52. The van der Waals surface area contributed by atoms with Crippen LogP contribution in [0.1, 0.15) is 16.1 Å². The van der Waals surface area contributed by atoms with Crippen molar-refractivity contribution in [3.63, 3.8) is 0 Å². The molecule has 0 unspecified atom stereocenters. The van der Waals surface area contributed by atoms with E-state index in [1.807, 2.05) is 5.38 Å². The average Bonchev–Trinajstić information content (AvgIpc) is 2.91. The molecule has 0 bridgehead atoms. The molecule has 0 saturated heterocycles. The molecule has 124 valence electrons. The number of hydrogen-bond acceptors (Lipinski definition) is 6. The van der Waals surface area contributed by atoms with Crippen LogP contribution in [0, 0.1) is 0 Å². The molecule has 0 aliphatic rings. The number of aromatic nitrogens is 1. The van der Waals surface area contributed by atoms with E-state index in [9.17, 15) is 13.2 Å². The minimum Gasteiger partial charge on any atom is -0.375 e. The van der Waals surface area contributed by atoms with Gasteiger partial charge in [0.2, 0.25) is 10.0 Å². The maximum Gasteiger partial charge on any atom is 0.251 e. The summed E-state index contributed by atoms with van der Waals surface area (Å²) < 4.78 is 24.1. The van der Waals surface area contributed by atoms with Gasteiger partial charge in [-0.1, -0.05) is 0 Å². The van der Waals surface area contributed by atoms with E-state index in [0.29, 0.717) is 29.3 Å². The molecule has 2 aromatic rings. The lowest BCUT2D eigenvalue weighted by Gasteiger charge is -2.16. The zero-order chi connectivity index (χ0) is 17.0. The Hall–Kier alpha value is -2.13. The van der Waals surface area contributed by atoms with Gasteiger partial charge < -0.3 is 11.1 Å². The minimum atomic E-state index is -3.32. The van der Waals surface area contributed by atoms with Gasteiger partial charge in [0.05, 0.1) is 17.6 Å². The van der Waals surface area contributed by atoms with E-state index in [4.69, 9.17) is 5.73 Å². The summed E-state index contributed by atoms with van der Waals surface area (Å²) in [7, 11) is -1.85. The molecule has 2 rings (SSSR count). The quantitative estimate of drug-likeness (QED) is 0.808. The first-order chi connectivity index (χ1) is 10.8. The second kappa shape index (κ2) is 6.97. The lowest BCUT2D eigenvalue weighted by atomic mass is 10.2. The summed E-state index contributed by atoms with van der Waals surface area (Å²) in [5.41, 5.74) is 7.36. The van der Waals surface area contributed by atoms with E-state index in [1.165, 1.54) is 18.4 Å². The number of amides is 1. The van der Waals surface area contributed by atoms with E-state index in [-0.39, 0.29) is 5.91 Å². The fraction of sp³-hybridized carbons (Fsp3) is 0.286. The van der Waals surface area contributed by atoms with Crippen LogP contribution in [0.15, 0.2) is 29.6 Å². The lowest BCUT2D eigenvalue weighted by molar-refractivity contribution is 0.0954. The van der Waals surface area contributed by atoms with Crippen molar-refractivity contribution in [2.45, 2.75) is 6.42 Å². The molecule has 9 heteroatoms. The van der Waals surface area contributed by atoms with Gasteiger partial charge in [0.25, 0.3) is 5.91 Å². The molecule has 3 N–H and O–H groups in total. The van der Waals surface area contributed by atoms with Gasteiger partial charge in [-0.15, -0.1) is 11.3 Å². The Morgan fingerprint density at radius 3 is 2.52 bits per heavy atom. The highest BCUT2D eigenvalue weighted by Gasteiger charge is 2.12. The number of anilines is 2. The number of sulfonamides is 1. The Labute approximate surface area is 139 Å². The summed E-state index contributed by atoms with van der Waals surface area (Å²) in [6.07, 6.45) is 1.73. The zero-order valence-electron chi connectivity index (χ0n) is 12.8. The van der Waals surface area contributed by atoms with Gasteiger partial charge in [-0.2, -0.15) is 0 Å². The molecule has 0 saturated carbocycles. The number of nitrogens with zero attached hydrogens (tertiary/aromatic N) is 2. The van der Waals surface area contributed by atoms with Gasteiger partial charge in [-0.25, -0.2) is 13.4 Å². The van der Waals surface area contributed by atoms with Gasteiger partial charge in [0.1, 0.15) is 0 Å². The third kappa shape index (κ3) is 4.67. The molecule has 1 amide bonds. The number of thiazole rings is 1. The van der Waals surface area contributed by atoms with Gasteiger partial charge in [0, 0.05) is 31.0 Å². The average molecular weight is 354 g/mol. The van der Waals surface area contributed by atoms with Gasteiger partial charge in [0.15, 0.2) is 5.13 Å². The molecule has 0 aliphatic carbocycles. The fourth-order valence-electron chi connectivity index (χ4n) is 1.86. The van der Waals surface area contributed by atoms with E-state index >= 15 is 0 Å². The number of carbonyl (C=O) groups is 1. The highest BCUT2D eigenvalue weighted by Crippen LogP contribution is 2.16. The maximum absolute atomic E-state index is 12.0. The van der Waals surface area contributed by atoms with Crippen molar-refractivity contribution in [3.05, 3.63) is 40.9 Å². The summed E-state index contributed by atoms with van der Waals surface area (Å²) in [5.74, 6) is -0.221. The van der Waals surface area contributed by atoms with Crippen molar-refractivity contribution in [1.82, 2.24) is 10.3 Å². The predicted molar refractivity (Wildman–Crippen MR) is 92.3 cm³/mol. The van der Waals surface area contributed by atoms with Crippen molar-refractivity contribution in [2.75, 3.05) is 29.9 Å². The molecule has 0 radical (unpaired) electrons. The Kier molecular flexibility index (Phi) is 5.22. The number of carbonyl (C=O) groups excluding carboxylic acids is 1. The number of benzene rings is 1. The van der Waals surface area contributed by atoms with Gasteiger partial charge >= 0.3 is 0 Å². The fourth-order valence-corrected chi connectivity index (χ4v) is 2.96. The number of rotatable bonds is 6. The second-order valence-corrected chi connectivity index (χ2v) is 7.86. The van der Waals surface area contributed by atoms with E-state index in [1.54, 1.807) is 24.3 Å². The third-order valence-corrected chi connectivity index (χ3v) is 5.16. The Bertz CT molecular complexity index is 785. The highest BCUT2D eigenvalue weighted by atomic mass is 32.2. The topological polar surface area (TPSA) is 105 Å². The molecule has 0 fully saturated rings. The standard InChI is InChI=1S/C14H18N4O3S2/c1-18(23(2,20)21)12-5-3-10(4-6-12)13(19)16-8-7-11-9-22-14(15)17-11/h3-6,9H,7-8H2,1-2H3,(H2,15,17)(H,16,19). The molecule has 1 heterocycles. The van der Waals surface area contributed by atoms with Crippen LogP contribution in [0.2, 0.25) is 0 Å². The molecule has 23 heavy (non-hydrogen) atoms. The number of nitrogen functional groups attached to an aromatic ring is 1. The van der Waals surface area contributed by atoms with Crippen LogP contribution in [-0.4, -0.2) is 39.2 Å². The lowest BCUT2D eigenvalue weighted by Crippen LogP contribution is -2.26. The van der Waals surface area contributed by atoms with Crippen LogP contribution >= 0.6 is 11.3 Å². The van der Waals surface area contributed by atoms with Crippen molar-refractivity contribution in [2.24, 2.45) is 0 Å². The van der Waals surface area contributed by atoms with E-state index < -0.39 is 10.0 Å². The van der Waals surface area contributed by atoms with Gasteiger partial charge in [-0.05, 0) is 24.3 Å². The first-order valence-electron chi connectivity index (χ1n) is 6.79. The molecular formula is C14H18N4O3S2. The SMILES string of the molecule is CN(c1ccc(C(=O)NCCc2csc(N)n2)cc1)S(C)(=O)=O. The zero-order valence-corrected chi connectivity index (χ0v) is 14.4. The summed E-state index contributed by atoms with van der Waals surface area (Å²) in [5, 5.41) is 5.16. The third-order valence-electron chi connectivity index (χ3n) is 3.23. The number of hydrogen-bond donors (Lipinski definition) is 2. The van der Waals surface area contributed by atoms with Crippen molar-refractivity contribution in [3.8, 4) is 0 Å². The summed E-state index contributed by atoms with van der Waals surface area (Å²) >= 11 is 1.37. The second-order valence-electron chi connectivity index (χ2n) is 4.96. The molecule has 0 spiro atoms. The number of nitrogens with one attached hydrogen (secondary N) is 1. The molecule has 7 nitrogen and oxygen atoms in total. The van der Waals surface area contributed by atoms with Crippen LogP contribution < -0.4 is 15.4 Å². The molecule has 0 atom stereocenters. The molecule has 1 aromatic heterocycles. The van der Waals surface area contributed by atoms with E-state index in [0.717, 1.165) is 16.3 Å². The van der Waals surface area contributed by atoms with E-state index in [2.05, 4.69) is 10.3 Å². The largest absolute Gasteiger partial charge is 0.375 e. The highest BCUT2D eigenvalue weighted by molar-refractivity contribution is 7.92. The minimum absolute atomic E-state index is 0.221. The molecule has 1 aromatic carbocycles. The summed E-state index contributed by atoms with van der Waals surface area (Å²) in [4.78, 5) is 16.1. The van der Waals surface area contributed by atoms with Crippen molar-refractivity contribution >= 4 is 38.1 Å². The summed E-state index contributed by atoms with van der Waals surface area (Å²) in [6.45, 7) is 0.451. The van der Waals surface area contributed by atoms with Crippen LogP contribution in [-0.2, 0) is 16.4 Å². The van der Waals surface area contributed by atoms with Crippen LogP contribution in [0.25, 0.3) is 0 Å². The van der Waals surface area contributed by atoms with Crippen molar-refractivity contribution in [1.29, 1.82) is 0 Å². The van der Waals surface area contributed by atoms with Crippen LogP contribution in [0.3, 0.4) is 0 Å². The molecular weight excluding hydrogens is 336 g/mol. The Balaban J connectivity index is 1.92. The Morgan fingerprint density at radius 1 is 1.35 bits per heavy atom. The maximum atomic E-state index is 12.0. The van der Waals surface area contributed by atoms with Crippen LogP contribution in [0.4, 0.5) is 10.8 Å². The monoisotopic (exact) mass is 354 g/mol. The number of nitrogens with two attached hydrogens (primary N) is 1. The first kappa shape index (κ1) is 17.2. The van der Waals surface area contributed by atoms with Crippen LogP contribution in [0.5, 0.6) is 0 Å². The Morgan fingerprint density at radius 2 is 2.00 bits per heavy atom. The predicted octanol–water partition coefficient (Wildman–Crippen LogP) is 1.09. The van der Waals surface area contributed by atoms with Gasteiger partial charge in [-0.3, -0.25) is 9.10 Å².